The van der Waals surface area contributed by atoms with Gasteiger partial charge in [0, 0.05) is 6.61 Å². The standard InChI is InChI=1S/C21H24O5/c22-12-4-7-15-8-10-17(11-9-15)14-19(21(25)26)18(20(23)24)13-16-5-2-1-3-6-16/h1-3,5-6,8-11,18-19,22H,4,7,12-14H2,(H,23,24)(H,25,26)/t18-,19-/m0/s1. The molecule has 2 aromatic rings. The molecule has 0 saturated carbocycles. The fraction of sp³-hybridized carbons (Fsp3) is 0.333. The van der Waals surface area contributed by atoms with Gasteiger partial charge in [-0.25, -0.2) is 0 Å². The molecule has 0 spiro atoms. The highest BCUT2D eigenvalue weighted by Crippen LogP contribution is 2.23. The first-order valence-corrected chi connectivity index (χ1v) is 8.69. The van der Waals surface area contributed by atoms with Crippen molar-refractivity contribution in [3.8, 4) is 0 Å². The minimum atomic E-state index is -1.10. The van der Waals surface area contributed by atoms with Gasteiger partial charge in [-0.1, -0.05) is 54.6 Å². The van der Waals surface area contributed by atoms with Gasteiger partial charge >= 0.3 is 11.9 Å². The molecule has 0 aliphatic carbocycles. The van der Waals surface area contributed by atoms with Crippen LogP contribution in [0.2, 0.25) is 0 Å². The van der Waals surface area contributed by atoms with Gasteiger partial charge in [0.05, 0.1) is 11.8 Å². The molecule has 0 amide bonds. The second-order valence-electron chi connectivity index (χ2n) is 6.43. The van der Waals surface area contributed by atoms with Crippen molar-refractivity contribution in [3.05, 3.63) is 71.3 Å². The fourth-order valence-electron chi connectivity index (χ4n) is 3.05. The lowest BCUT2D eigenvalue weighted by Gasteiger charge is -2.21. The molecule has 2 atom stereocenters. The van der Waals surface area contributed by atoms with Crippen molar-refractivity contribution in [2.75, 3.05) is 6.61 Å². The van der Waals surface area contributed by atoms with E-state index >= 15 is 0 Å². The number of carboxylic acid groups (broad SMARTS) is 2. The Labute approximate surface area is 152 Å². The average molecular weight is 356 g/mol. The Morgan fingerprint density at radius 1 is 0.731 bits per heavy atom. The Kier molecular flexibility index (Phi) is 7.36. The van der Waals surface area contributed by atoms with Crippen LogP contribution in [-0.2, 0) is 28.9 Å². The summed E-state index contributed by atoms with van der Waals surface area (Å²) in [4.78, 5) is 23.5. The van der Waals surface area contributed by atoms with Crippen molar-refractivity contribution in [1.29, 1.82) is 0 Å². The third-order valence-corrected chi connectivity index (χ3v) is 4.52. The van der Waals surface area contributed by atoms with Crippen LogP contribution in [0.15, 0.2) is 54.6 Å². The molecule has 2 aromatic carbocycles. The van der Waals surface area contributed by atoms with Crippen LogP contribution in [0.3, 0.4) is 0 Å². The minimum absolute atomic E-state index is 0.128. The zero-order valence-corrected chi connectivity index (χ0v) is 14.5. The van der Waals surface area contributed by atoms with E-state index in [2.05, 4.69) is 0 Å². The summed E-state index contributed by atoms with van der Waals surface area (Å²) in [5.74, 6) is -4.20. The molecule has 0 unspecified atom stereocenters. The predicted octanol–water partition coefficient (Wildman–Crippen LogP) is 2.80. The number of aliphatic hydroxyl groups is 1. The molecule has 0 fully saturated rings. The van der Waals surface area contributed by atoms with Gasteiger partial charge in [-0.05, 0) is 42.4 Å². The smallest absolute Gasteiger partial charge is 0.307 e. The summed E-state index contributed by atoms with van der Waals surface area (Å²) in [6.45, 7) is 0.128. The molecule has 0 bridgehead atoms. The molecule has 0 aliphatic rings. The largest absolute Gasteiger partial charge is 0.481 e. The lowest BCUT2D eigenvalue weighted by molar-refractivity contribution is -0.153. The van der Waals surface area contributed by atoms with E-state index in [1.54, 1.807) is 0 Å². The van der Waals surface area contributed by atoms with Crippen LogP contribution in [0.4, 0.5) is 0 Å². The Morgan fingerprint density at radius 2 is 1.19 bits per heavy atom. The van der Waals surface area contributed by atoms with Gasteiger partial charge in [-0.2, -0.15) is 0 Å². The van der Waals surface area contributed by atoms with E-state index in [1.807, 2.05) is 54.6 Å². The van der Waals surface area contributed by atoms with Gasteiger partial charge < -0.3 is 15.3 Å². The van der Waals surface area contributed by atoms with E-state index < -0.39 is 23.8 Å². The van der Waals surface area contributed by atoms with Gasteiger partial charge in [0.2, 0.25) is 0 Å². The van der Waals surface area contributed by atoms with Crippen molar-refractivity contribution in [3.63, 3.8) is 0 Å². The maximum absolute atomic E-state index is 11.8. The maximum atomic E-state index is 11.8. The number of rotatable bonds is 10. The lowest BCUT2D eigenvalue weighted by atomic mass is 9.82. The Morgan fingerprint density at radius 3 is 1.65 bits per heavy atom. The molecule has 2 rings (SSSR count). The zero-order chi connectivity index (χ0) is 18.9. The highest BCUT2D eigenvalue weighted by atomic mass is 16.4. The molecule has 0 aromatic heterocycles. The van der Waals surface area contributed by atoms with E-state index in [-0.39, 0.29) is 19.4 Å². The number of hydrogen-bond acceptors (Lipinski definition) is 3. The van der Waals surface area contributed by atoms with Crippen LogP contribution in [0.25, 0.3) is 0 Å². The Hall–Kier alpha value is -2.66. The lowest BCUT2D eigenvalue weighted by Crippen LogP contribution is -2.33. The molecule has 3 N–H and O–H groups in total. The van der Waals surface area contributed by atoms with Crippen molar-refractivity contribution in [2.24, 2.45) is 11.8 Å². The minimum Gasteiger partial charge on any atom is -0.481 e. The molecule has 5 nitrogen and oxygen atoms in total. The van der Waals surface area contributed by atoms with Crippen LogP contribution in [-0.4, -0.2) is 33.9 Å². The van der Waals surface area contributed by atoms with Gasteiger partial charge in [0.15, 0.2) is 0 Å². The van der Waals surface area contributed by atoms with Crippen LogP contribution in [0, 0.1) is 11.8 Å². The Bertz CT molecular complexity index is 709. The number of aliphatic hydroxyl groups excluding tert-OH is 1. The first-order valence-electron chi connectivity index (χ1n) is 8.69. The predicted molar refractivity (Wildman–Crippen MR) is 98.0 cm³/mol. The van der Waals surface area contributed by atoms with Crippen LogP contribution < -0.4 is 0 Å². The number of hydrogen-bond donors (Lipinski definition) is 3. The molecular weight excluding hydrogens is 332 g/mol. The normalized spacial score (nSPS) is 13.1. The highest BCUT2D eigenvalue weighted by Gasteiger charge is 2.33. The third-order valence-electron chi connectivity index (χ3n) is 4.52. The molecule has 26 heavy (non-hydrogen) atoms. The van der Waals surface area contributed by atoms with Gasteiger partial charge in [0.1, 0.15) is 0 Å². The average Bonchev–Trinajstić information content (AvgIpc) is 2.64. The van der Waals surface area contributed by atoms with Gasteiger partial charge in [-0.3, -0.25) is 9.59 Å². The summed E-state index contributed by atoms with van der Waals surface area (Å²) in [5.41, 5.74) is 2.67. The monoisotopic (exact) mass is 356 g/mol. The van der Waals surface area contributed by atoms with Crippen LogP contribution >= 0.6 is 0 Å². The molecule has 5 heteroatoms. The van der Waals surface area contributed by atoms with E-state index in [4.69, 9.17) is 5.11 Å². The summed E-state index contributed by atoms with van der Waals surface area (Å²) in [6.07, 6.45) is 1.78. The quantitative estimate of drug-likeness (QED) is 0.608. The second-order valence-corrected chi connectivity index (χ2v) is 6.43. The number of aliphatic carboxylic acids is 2. The molecular formula is C21H24O5. The number of benzene rings is 2. The number of carboxylic acids is 2. The third kappa shape index (κ3) is 5.70. The summed E-state index contributed by atoms with van der Waals surface area (Å²) < 4.78 is 0. The topological polar surface area (TPSA) is 94.8 Å². The second kappa shape index (κ2) is 9.73. The zero-order valence-electron chi connectivity index (χ0n) is 14.5. The molecule has 0 heterocycles. The summed E-state index contributed by atoms with van der Waals surface area (Å²) >= 11 is 0. The molecule has 138 valence electrons. The molecule has 0 radical (unpaired) electrons. The fourth-order valence-corrected chi connectivity index (χ4v) is 3.05. The number of aryl methyl sites for hydroxylation is 1. The van der Waals surface area contributed by atoms with E-state index in [1.165, 1.54) is 0 Å². The highest BCUT2D eigenvalue weighted by molar-refractivity contribution is 5.80. The van der Waals surface area contributed by atoms with Gasteiger partial charge in [0.25, 0.3) is 0 Å². The number of carbonyl (C=O) groups is 2. The SMILES string of the molecule is O=C(O)[C@@H](Cc1ccccc1)[C@H](Cc1ccc(CCCO)cc1)C(=O)O. The van der Waals surface area contributed by atoms with Crippen LogP contribution in [0.5, 0.6) is 0 Å². The van der Waals surface area contributed by atoms with Crippen molar-refractivity contribution in [2.45, 2.75) is 25.7 Å². The first-order chi connectivity index (χ1) is 12.5. The summed E-state index contributed by atoms with van der Waals surface area (Å²) in [5, 5.41) is 28.1. The maximum Gasteiger partial charge on any atom is 0.307 e. The van der Waals surface area contributed by atoms with Crippen molar-refractivity contribution in [1.82, 2.24) is 0 Å². The van der Waals surface area contributed by atoms with Crippen molar-refractivity contribution < 1.29 is 24.9 Å². The summed E-state index contributed by atoms with van der Waals surface area (Å²) in [6, 6.07) is 16.6. The van der Waals surface area contributed by atoms with E-state index in [9.17, 15) is 19.8 Å². The van der Waals surface area contributed by atoms with Crippen molar-refractivity contribution >= 4 is 11.9 Å². The van der Waals surface area contributed by atoms with E-state index in [0.29, 0.717) is 6.42 Å². The van der Waals surface area contributed by atoms with Crippen LogP contribution in [0.1, 0.15) is 23.1 Å². The Balaban J connectivity index is 2.14. The summed E-state index contributed by atoms with van der Waals surface area (Å²) in [7, 11) is 0. The first kappa shape index (κ1) is 19.7. The molecule has 0 aliphatic heterocycles. The van der Waals surface area contributed by atoms with Gasteiger partial charge in [-0.15, -0.1) is 0 Å². The van der Waals surface area contributed by atoms with E-state index in [0.717, 1.165) is 23.1 Å². The molecule has 0 saturated heterocycles.